The summed E-state index contributed by atoms with van der Waals surface area (Å²) in [5.74, 6) is -0.650. The standard InChI is InChI=1S/C12H12FN3O2/c1-16(18-2)12(17)11-7-10(14-15-11)8-3-5-9(13)6-4-8/h3-7H,1-2H3,(H,14,15). The van der Waals surface area contributed by atoms with Gasteiger partial charge < -0.3 is 0 Å². The molecule has 94 valence electrons. The number of nitrogens with zero attached hydrogens (tertiary/aromatic N) is 2. The minimum absolute atomic E-state index is 0.304. The van der Waals surface area contributed by atoms with E-state index in [0.29, 0.717) is 11.4 Å². The molecule has 0 saturated heterocycles. The molecular weight excluding hydrogens is 237 g/mol. The molecule has 1 amide bonds. The second kappa shape index (κ2) is 4.97. The van der Waals surface area contributed by atoms with Crippen molar-refractivity contribution in [2.24, 2.45) is 0 Å². The summed E-state index contributed by atoms with van der Waals surface area (Å²) in [4.78, 5) is 16.5. The summed E-state index contributed by atoms with van der Waals surface area (Å²) in [6.45, 7) is 0. The minimum Gasteiger partial charge on any atom is -0.274 e. The average molecular weight is 249 g/mol. The van der Waals surface area contributed by atoms with Crippen LogP contribution in [-0.2, 0) is 4.84 Å². The quantitative estimate of drug-likeness (QED) is 0.844. The number of nitrogens with one attached hydrogen (secondary N) is 1. The third-order valence-electron chi connectivity index (χ3n) is 2.51. The second-order valence-electron chi connectivity index (χ2n) is 3.66. The molecule has 1 aromatic carbocycles. The van der Waals surface area contributed by atoms with Crippen LogP contribution in [0.5, 0.6) is 0 Å². The number of aromatic nitrogens is 2. The number of carbonyl (C=O) groups is 1. The smallest absolute Gasteiger partial charge is 0.274 e. The molecule has 5 nitrogen and oxygen atoms in total. The van der Waals surface area contributed by atoms with E-state index in [1.54, 1.807) is 18.2 Å². The maximum Gasteiger partial charge on any atom is 0.295 e. The molecule has 18 heavy (non-hydrogen) atoms. The van der Waals surface area contributed by atoms with Gasteiger partial charge in [-0.1, -0.05) is 0 Å². The molecule has 0 atom stereocenters. The van der Waals surface area contributed by atoms with Crippen molar-refractivity contribution < 1.29 is 14.0 Å². The first kappa shape index (κ1) is 12.3. The maximum atomic E-state index is 12.8. The van der Waals surface area contributed by atoms with Crippen LogP contribution in [0.3, 0.4) is 0 Å². The van der Waals surface area contributed by atoms with E-state index in [1.807, 2.05) is 0 Å². The zero-order valence-corrected chi connectivity index (χ0v) is 9.98. The maximum absolute atomic E-state index is 12.8. The van der Waals surface area contributed by atoms with Crippen molar-refractivity contribution >= 4 is 5.91 Å². The van der Waals surface area contributed by atoms with Gasteiger partial charge in [0.2, 0.25) is 0 Å². The van der Waals surface area contributed by atoms with Crippen LogP contribution < -0.4 is 0 Å². The highest BCUT2D eigenvalue weighted by Gasteiger charge is 2.15. The van der Waals surface area contributed by atoms with E-state index < -0.39 is 0 Å². The van der Waals surface area contributed by atoms with E-state index in [4.69, 9.17) is 4.84 Å². The lowest BCUT2D eigenvalue weighted by Crippen LogP contribution is -2.25. The van der Waals surface area contributed by atoms with Gasteiger partial charge in [-0.3, -0.25) is 14.7 Å². The number of hydroxylamine groups is 2. The largest absolute Gasteiger partial charge is 0.295 e. The van der Waals surface area contributed by atoms with Gasteiger partial charge >= 0.3 is 0 Å². The predicted octanol–water partition coefficient (Wildman–Crippen LogP) is 1.85. The number of amides is 1. The van der Waals surface area contributed by atoms with Gasteiger partial charge in [0.05, 0.1) is 12.8 Å². The molecule has 1 aromatic heterocycles. The summed E-state index contributed by atoms with van der Waals surface area (Å²) in [5.41, 5.74) is 1.60. The third kappa shape index (κ3) is 2.38. The van der Waals surface area contributed by atoms with Crippen LogP contribution in [0.15, 0.2) is 30.3 Å². The average Bonchev–Trinajstić information content (AvgIpc) is 2.87. The van der Waals surface area contributed by atoms with Crippen LogP contribution in [0.25, 0.3) is 11.3 Å². The van der Waals surface area contributed by atoms with E-state index in [2.05, 4.69) is 10.2 Å². The lowest BCUT2D eigenvalue weighted by molar-refractivity contribution is -0.0760. The van der Waals surface area contributed by atoms with Gasteiger partial charge in [-0.2, -0.15) is 5.10 Å². The number of hydrogen-bond donors (Lipinski definition) is 1. The molecule has 0 radical (unpaired) electrons. The van der Waals surface area contributed by atoms with Gasteiger partial charge in [0.15, 0.2) is 0 Å². The van der Waals surface area contributed by atoms with Crippen molar-refractivity contribution in [2.45, 2.75) is 0 Å². The van der Waals surface area contributed by atoms with E-state index in [1.165, 1.54) is 26.3 Å². The van der Waals surface area contributed by atoms with E-state index in [0.717, 1.165) is 10.6 Å². The normalized spacial score (nSPS) is 10.4. The molecule has 0 unspecified atom stereocenters. The lowest BCUT2D eigenvalue weighted by atomic mass is 10.1. The van der Waals surface area contributed by atoms with Crippen molar-refractivity contribution in [3.63, 3.8) is 0 Å². The fraction of sp³-hybridized carbons (Fsp3) is 0.167. The SMILES string of the molecule is CON(C)C(=O)c1cc(-c2ccc(F)cc2)n[nH]1. The first-order chi connectivity index (χ1) is 8.61. The Balaban J connectivity index is 2.25. The van der Waals surface area contributed by atoms with Crippen molar-refractivity contribution in [3.8, 4) is 11.3 Å². The number of benzene rings is 1. The topological polar surface area (TPSA) is 58.2 Å². The van der Waals surface area contributed by atoms with Gasteiger partial charge in [-0.05, 0) is 30.3 Å². The van der Waals surface area contributed by atoms with Gasteiger partial charge in [0.1, 0.15) is 11.5 Å². The molecule has 0 spiro atoms. The fourth-order valence-corrected chi connectivity index (χ4v) is 1.45. The van der Waals surface area contributed by atoms with Gasteiger partial charge in [-0.15, -0.1) is 0 Å². The summed E-state index contributed by atoms with van der Waals surface area (Å²) in [7, 11) is 2.90. The zero-order chi connectivity index (χ0) is 13.1. The van der Waals surface area contributed by atoms with Crippen LogP contribution in [0.2, 0.25) is 0 Å². The number of hydrogen-bond acceptors (Lipinski definition) is 3. The molecule has 0 aliphatic carbocycles. The molecule has 0 bridgehead atoms. The van der Waals surface area contributed by atoms with E-state index >= 15 is 0 Å². The summed E-state index contributed by atoms with van der Waals surface area (Å²) in [6, 6.07) is 7.46. The number of aromatic amines is 1. The Morgan fingerprint density at radius 1 is 1.39 bits per heavy atom. The molecule has 0 aliphatic rings. The highest BCUT2D eigenvalue weighted by atomic mass is 19.1. The van der Waals surface area contributed by atoms with Gasteiger partial charge in [0, 0.05) is 12.6 Å². The lowest BCUT2D eigenvalue weighted by Gasteiger charge is -2.11. The number of H-pyrrole nitrogens is 1. The third-order valence-corrected chi connectivity index (χ3v) is 2.51. The second-order valence-corrected chi connectivity index (χ2v) is 3.66. The Hall–Kier alpha value is -2.21. The first-order valence-corrected chi connectivity index (χ1v) is 5.25. The molecule has 1 heterocycles. The highest BCUT2D eigenvalue weighted by molar-refractivity contribution is 5.92. The highest BCUT2D eigenvalue weighted by Crippen LogP contribution is 2.18. The fourth-order valence-electron chi connectivity index (χ4n) is 1.45. The minimum atomic E-state index is -0.335. The van der Waals surface area contributed by atoms with E-state index in [-0.39, 0.29) is 11.7 Å². The van der Waals surface area contributed by atoms with Crippen LogP contribution in [0.1, 0.15) is 10.5 Å². The first-order valence-electron chi connectivity index (χ1n) is 5.25. The van der Waals surface area contributed by atoms with Crippen molar-refractivity contribution in [2.75, 3.05) is 14.2 Å². The molecule has 6 heteroatoms. The summed E-state index contributed by atoms with van der Waals surface area (Å²) in [6.07, 6.45) is 0. The summed E-state index contributed by atoms with van der Waals surface area (Å²) in [5, 5.41) is 7.71. The Bertz CT molecular complexity index is 551. The molecule has 2 aromatic rings. The Labute approximate surface area is 103 Å². The number of rotatable bonds is 3. The molecule has 1 N–H and O–H groups in total. The zero-order valence-electron chi connectivity index (χ0n) is 9.98. The summed E-state index contributed by atoms with van der Waals surface area (Å²) < 4.78 is 12.8. The van der Waals surface area contributed by atoms with E-state index in [9.17, 15) is 9.18 Å². The Kier molecular flexibility index (Phi) is 3.38. The van der Waals surface area contributed by atoms with Crippen molar-refractivity contribution in [1.29, 1.82) is 0 Å². The van der Waals surface area contributed by atoms with Crippen LogP contribution in [0.4, 0.5) is 4.39 Å². The van der Waals surface area contributed by atoms with Crippen molar-refractivity contribution in [3.05, 3.63) is 41.8 Å². The van der Waals surface area contributed by atoms with Gasteiger partial charge in [-0.25, -0.2) is 9.45 Å². The van der Waals surface area contributed by atoms with Gasteiger partial charge in [0.25, 0.3) is 5.91 Å². The molecule has 0 fully saturated rings. The van der Waals surface area contributed by atoms with Crippen molar-refractivity contribution in [1.82, 2.24) is 15.3 Å². The Morgan fingerprint density at radius 2 is 2.06 bits per heavy atom. The molecule has 0 saturated carbocycles. The number of carbonyl (C=O) groups excluding carboxylic acids is 1. The summed E-state index contributed by atoms with van der Waals surface area (Å²) >= 11 is 0. The monoisotopic (exact) mass is 249 g/mol. The molecule has 2 rings (SSSR count). The molecule has 0 aliphatic heterocycles. The Morgan fingerprint density at radius 3 is 2.67 bits per heavy atom. The number of halogens is 1. The van der Waals surface area contributed by atoms with Crippen LogP contribution in [-0.4, -0.2) is 35.3 Å². The molecular formula is C12H12FN3O2. The predicted molar refractivity (Wildman–Crippen MR) is 63.1 cm³/mol. The van der Waals surface area contributed by atoms with Crippen LogP contribution in [0, 0.1) is 5.82 Å². The van der Waals surface area contributed by atoms with Crippen LogP contribution >= 0.6 is 0 Å².